The van der Waals surface area contributed by atoms with Crippen molar-refractivity contribution in [3.63, 3.8) is 0 Å². The van der Waals surface area contributed by atoms with E-state index in [1.165, 1.54) is 11.3 Å². The molecule has 0 spiro atoms. The minimum Gasteiger partial charge on any atom is -0.316 e. The van der Waals surface area contributed by atoms with Crippen LogP contribution >= 0.6 is 11.3 Å². The van der Waals surface area contributed by atoms with Crippen LogP contribution in [0.25, 0.3) is 16.9 Å². The van der Waals surface area contributed by atoms with Crippen LogP contribution in [0.1, 0.15) is 18.5 Å². The third-order valence-electron chi connectivity index (χ3n) is 4.88. The van der Waals surface area contributed by atoms with Crippen LogP contribution in [0.15, 0.2) is 30.2 Å². The topological polar surface area (TPSA) is 109 Å². The molecule has 0 bridgehead atoms. The molecule has 1 aliphatic heterocycles. The Hall–Kier alpha value is -2.85. The highest BCUT2D eigenvalue weighted by Gasteiger charge is 2.19. The fraction of sp³-hybridized carbons (Fsp3) is 0.389. The number of aryl methyl sites for hydroxylation is 1. The average molecular weight is 398 g/mol. The van der Waals surface area contributed by atoms with E-state index in [9.17, 15) is 0 Å². The summed E-state index contributed by atoms with van der Waals surface area (Å²) in [6, 6.07) is 0. The molecule has 3 N–H and O–H groups in total. The van der Waals surface area contributed by atoms with Crippen LogP contribution in [-0.4, -0.2) is 48.6 Å². The van der Waals surface area contributed by atoms with Gasteiger partial charge in [-0.25, -0.2) is 4.68 Å². The molecule has 1 aliphatic rings. The van der Waals surface area contributed by atoms with Crippen molar-refractivity contribution in [2.75, 3.05) is 18.4 Å². The lowest BCUT2D eigenvalue weighted by molar-refractivity contribution is 0.458. The maximum absolute atomic E-state index is 8.59. The summed E-state index contributed by atoms with van der Waals surface area (Å²) < 4.78 is 3.59. The van der Waals surface area contributed by atoms with Gasteiger partial charge in [-0.2, -0.15) is 10.2 Å². The first-order chi connectivity index (χ1) is 13.6. The molecule has 0 amide bonds. The number of anilines is 1. The van der Waals surface area contributed by atoms with Crippen LogP contribution in [0.2, 0.25) is 0 Å². The normalized spacial score (nSPS) is 17.6. The third-order valence-corrected chi connectivity index (χ3v) is 5.48. The summed E-state index contributed by atoms with van der Waals surface area (Å²) in [5.41, 5.74) is 5.23. The first kappa shape index (κ1) is 18.5. The summed E-state index contributed by atoms with van der Waals surface area (Å²) in [5, 5.41) is 32.7. The van der Waals surface area contributed by atoms with Gasteiger partial charge in [0.25, 0.3) is 0 Å². The first-order valence-electron chi connectivity index (χ1n) is 9.20. The number of allylic oxidation sites excluding steroid dienone is 1. The Kier molecular flexibility index (Phi) is 5.31. The van der Waals surface area contributed by atoms with Gasteiger partial charge < -0.3 is 16.0 Å². The fourth-order valence-corrected chi connectivity index (χ4v) is 3.82. The molecular formula is C18H23N9S. The Bertz CT molecular complexity index is 977. The van der Waals surface area contributed by atoms with Crippen LogP contribution in [0, 0.1) is 18.3 Å². The van der Waals surface area contributed by atoms with E-state index in [4.69, 9.17) is 5.41 Å². The third kappa shape index (κ3) is 3.87. The summed E-state index contributed by atoms with van der Waals surface area (Å²) in [7, 11) is 1.89. The second-order valence-electron chi connectivity index (χ2n) is 6.86. The molecule has 0 aliphatic carbocycles. The van der Waals surface area contributed by atoms with Crippen molar-refractivity contribution < 1.29 is 0 Å². The first-order valence-corrected chi connectivity index (χ1v) is 10.1. The van der Waals surface area contributed by atoms with Crippen molar-refractivity contribution in [2.24, 2.45) is 13.0 Å². The maximum Gasteiger partial charge on any atom is 0.210 e. The quantitative estimate of drug-likeness (QED) is 0.551. The second-order valence-corrected chi connectivity index (χ2v) is 7.69. The molecule has 10 heteroatoms. The zero-order valence-corrected chi connectivity index (χ0v) is 16.7. The highest BCUT2D eigenvalue weighted by Crippen LogP contribution is 2.25. The molecule has 9 nitrogen and oxygen atoms in total. The molecule has 0 radical (unpaired) electrons. The molecule has 1 fully saturated rings. The largest absolute Gasteiger partial charge is 0.316 e. The summed E-state index contributed by atoms with van der Waals surface area (Å²) >= 11 is 1.41. The minimum absolute atomic E-state index is 0.202. The Morgan fingerprint density at radius 1 is 1.39 bits per heavy atom. The smallest absolute Gasteiger partial charge is 0.210 e. The monoisotopic (exact) mass is 397 g/mol. The van der Waals surface area contributed by atoms with Gasteiger partial charge in [-0.3, -0.25) is 4.68 Å². The molecule has 3 aromatic rings. The molecule has 28 heavy (non-hydrogen) atoms. The van der Waals surface area contributed by atoms with Crippen LogP contribution in [0.4, 0.5) is 5.13 Å². The van der Waals surface area contributed by atoms with E-state index in [2.05, 4.69) is 31.0 Å². The number of hydrogen-bond acceptors (Lipinski definition) is 8. The van der Waals surface area contributed by atoms with Gasteiger partial charge in [0, 0.05) is 48.6 Å². The van der Waals surface area contributed by atoms with Crippen LogP contribution in [0.5, 0.6) is 0 Å². The van der Waals surface area contributed by atoms with Gasteiger partial charge in [0.2, 0.25) is 5.13 Å². The Morgan fingerprint density at radius 3 is 2.96 bits per heavy atom. The molecule has 4 rings (SSSR count). The van der Waals surface area contributed by atoms with Crippen molar-refractivity contribution in [3.8, 4) is 11.1 Å². The molecule has 1 saturated heterocycles. The predicted molar refractivity (Wildman–Crippen MR) is 110 cm³/mol. The van der Waals surface area contributed by atoms with Gasteiger partial charge in [-0.05, 0) is 26.3 Å². The molecule has 1 atom stereocenters. The van der Waals surface area contributed by atoms with Gasteiger partial charge >= 0.3 is 0 Å². The van der Waals surface area contributed by atoms with Crippen molar-refractivity contribution in [2.45, 2.75) is 19.8 Å². The SMILES string of the molecule is Cc1c(-c2cnn(C)c2)cnn1/C(=C\C(=N)C1CCCNC1)Nc1nncs1. The lowest BCUT2D eigenvalue weighted by Gasteiger charge is -2.22. The second kappa shape index (κ2) is 8.03. The predicted octanol–water partition coefficient (Wildman–Crippen LogP) is 2.37. The van der Waals surface area contributed by atoms with E-state index >= 15 is 0 Å². The molecule has 3 aromatic heterocycles. The molecule has 146 valence electrons. The van der Waals surface area contributed by atoms with Gasteiger partial charge in [-0.15, -0.1) is 10.2 Å². The average Bonchev–Trinajstić information content (AvgIpc) is 3.44. The van der Waals surface area contributed by atoms with Crippen LogP contribution < -0.4 is 10.6 Å². The van der Waals surface area contributed by atoms with Gasteiger partial charge in [-0.1, -0.05) is 11.3 Å². The van der Waals surface area contributed by atoms with E-state index in [0.717, 1.165) is 42.8 Å². The molecule has 0 aromatic carbocycles. The minimum atomic E-state index is 0.202. The standard InChI is InChI=1S/C18H23N9S/c1-12-15(14-8-22-26(2)10-14)9-23-27(12)17(24-18-25-21-11-28-18)6-16(19)13-4-3-5-20-7-13/h6,8-11,13,19-20H,3-5,7H2,1-2H3,(H,24,25)/b17-6-,19-16?. The lowest BCUT2D eigenvalue weighted by atomic mass is 9.94. The number of nitrogens with one attached hydrogen (secondary N) is 3. The van der Waals surface area contributed by atoms with Crippen molar-refractivity contribution in [1.29, 1.82) is 5.41 Å². The van der Waals surface area contributed by atoms with Gasteiger partial charge in [0.15, 0.2) is 0 Å². The van der Waals surface area contributed by atoms with Crippen molar-refractivity contribution in [1.82, 2.24) is 35.1 Å². The van der Waals surface area contributed by atoms with E-state index in [-0.39, 0.29) is 5.92 Å². The Morgan fingerprint density at radius 2 is 2.29 bits per heavy atom. The van der Waals surface area contributed by atoms with Crippen LogP contribution in [-0.2, 0) is 7.05 Å². The van der Waals surface area contributed by atoms with Gasteiger partial charge in [0.1, 0.15) is 11.3 Å². The fourth-order valence-electron chi connectivity index (χ4n) is 3.37. The van der Waals surface area contributed by atoms with Crippen molar-refractivity contribution >= 4 is 28.0 Å². The number of aromatic nitrogens is 6. The number of rotatable bonds is 6. The zero-order chi connectivity index (χ0) is 19.5. The molecule has 0 saturated carbocycles. The zero-order valence-electron chi connectivity index (χ0n) is 15.9. The molecular weight excluding hydrogens is 374 g/mol. The highest BCUT2D eigenvalue weighted by molar-refractivity contribution is 7.13. The highest BCUT2D eigenvalue weighted by atomic mass is 32.1. The number of nitrogens with zero attached hydrogens (tertiary/aromatic N) is 6. The Balaban J connectivity index is 1.68. The van der Waals surface area contributed by atoms with Crippen LogP contribution in [0.3, 0.4) is 0 Å². The lowest BCUT2D eigenvalue weighted by Crippen LogP contribution is -2.33. The van der Waals surface area contributed by atoms with Gasteiger partial charge in [0.05, 0.1) is 18.1 Å². The summed E-state index contributed by atoms with van der Waals surface area (Å²) in [6.07, 6.45) is 9.58. The van der Waals surface area contributed by atoms with E-state index in [1.54, 1.807) is 10.2 Å². The Labute approximate surface area is 167 Å². The number of piperidine rings is 1. The summed E-state index contributed by atoms with van der Waals surface area (Å²) in [5.74, 6) is 0.897. The molecule has 4 heterocycles. The van der Waals surface area contributed by atoms with E-state index < -0.39 is 0 Å². The van der Waals surface area contributed by atoms with E-state index in [1.807, 2.05) is 43.3 Å². The molecule has 1 unspecified atom stereocenters. The van der Waals surface area contributed by atoms with E-state index in [0.29, 0.717) is 16.7 Å². The van der Waals surface area contributed by atoms with Crippen molar-refractivity contribution in [3.05, 3.63) is 35.9 Å². The summed E-state index contributed by atoms with van der Waals surface area (Å²) in [6.45, 7) is 3.87. The maximum atomic E-state index is 8.59. The summed E-state index contributed by atoms with van der Waals surface area (Å²) in [4.78, 5) is 0. The number of hydrogen-bond donors (Lipinski definition) is 3.